The highest BCUT2D eigenvalue weighted by atomic mass is 35.5. The second-order valence-electron chi connectivity index (χ2n) is 6.54. The predicted octanol–water partition coefficient (Wildman–Crippen LogP) is 6.26. The summed E-state index contributed by atoms with van der Waals surface area (Å²) in [6, 6.07) is 22.0. The van der Waals surface area contributed by atoms with E-state index in [9.17, 15) is 10.1 Å². The third kappa shape index (κ3) is 4.29. The Morgan fingerprint density at radius 3 is 2.58 bits per heavy atom. The summed E-state index contributed by atoms with van der Waals surface area (Å²) < 4.78 is 5.18. The van der Waals surface area contributed by atoms with Crippen molar-refractivity contribution in [3.63, 3.8) is 0 Å². The molecular formula is C24H16ClN3O2S. The third-order valence-corrected chi connectivity index (χ3v) is 5.73. The quantitative estimate of drug-likeness (QED) is 0.393. The van der Waals surface area contributed by atoms with Gasteiger partial charge >= 0.3 is 0 Å². The molecule has 0 atom stereocenters. The zero-order valence-corrected chi connectivity index (χ0v) is 18.0. The molecule has 0 bridgehead atoms. The van der Waals surface area contributed by atoms with Crippen LogP contribution in [0.2, 0.25) is 5.02 Å². The fourth-order valence-corrected chi connectivity index (χ4v) is 4.16. The lowest BCUT2D eigenvalue weighted by Gasteiger charge is -2.10. The van der Waals surface area contributed by atoms with E-state index >= 15 is 0 Å². The number of ether oxygens (including phenoxy) is 1. The van der Waals surface area contributed by atoms with E-state index in [1.165, 1.54) is 11.3 Å². The van der Waals surface area contributed by atoms with Crippen LogP contribution in [-0.4, -0.2) is 18.0 Å². The van der Waals surface area contributed by atoms with Crippen LogP contribution in [0.4, 0.5) is 5.13 Å². The SMILES string of the molecule is COc1ccc(-c2csc(NC(=O)c3ccccc3-c3ccccc3C#N)n2)cc1Cl. The van der Waals surface area contributed by atoms with Crippen molar-refractivity contribution in [2.75, 3.05) is 12.4 Å². The Morgan fingerprint density at radius 1 is 1.10 bits per heavy atom. The van der Waals surface area contributed by atoms with Gasteiger partial charge in [0.25, 0.3) is 5.91 Å². The first-order valence-electron chi connectivity index (χ1n) is 9.30. The highest BCUT2D eigenvalue weighted by Gasteiger charge is 2.16. The minimum Gasteiger partial charge on any atom is -0.495 e. The number of nitrogens with zero attached hydrogens (tertiary/aromatic N) is 2. The van der Waals surface area contributed by atoms with E-state index in [4.69, 9.17) is 16.3 Å². The molecule has 31 heavy (non-hydrogen) atoms. The molecule has 0 aliphatic rings. The van der Waals surface area contributed by atoms with Gasteiger partial charge in [0.05, 0.1) is 29.5 Å². The van der Waals surface area contributed by atoms with Gasteiger partial charge in [0, 0.05) is 22.1 Å². The first-order chi connectivity index (χ1) is 15.1. The fraction of sp³-hybridized carbons (Fsp3) is 0.0417. The normalized spacial score (nSPS) is 10.4. The molecule has 1 N–H and O–H groups in total. The molecule has 0 radical (unpaired) electrons. The molecule has 0 spiro atoms. The number of anilines is 1. The van der Waals surface area contributed by atoms with Crippen molar-refractivity contribution >= 4 is 34.0 Å². The zero-order chi connectivity index (χ0) is 21.8. The number of thiazole rings is 1. The van der Waals surface area contributed by atoms with Gasteiger partial charge in [-0.2, -0.15) is 5.26 Å². The maximum Gasteiger partial charge on any atom is 0.258 e. The Labute approximate surface area is 188 Å². The van der Waals surface area contributed by atoms with Gasteiger partial charge < -0.3 is 4.74 Å². The summed E-state index contributed by atoms with van der Waals surface area (Å²) in [5.41, 5.74) is 3.91. The molecule has 0 saturated heterocycles. The molecule has 0 unspecified atom stereocenters. The van der Waals surface area contributed by atoms with E-state index in [1.807, 2.05) is 35.7 Å². The van der Waals surface area contributed by atoms with Gasteiger partial charge in [-0.15, -0.1) is 11.3 Å². The number of aromatic nitrogens is 1. The van der Waals surface area contributed by atoms with Crippen molar-refractivity contribution in [1.82, 2.24) is 4.98 Å². The van der Waals surface area contributed by atoms with Gasteiger partial charge in [-0.25, -0.2) is 4.98 Å². The third-order valence-electron chi connectivity index (χ3n) is 4.68. The van der Waals surface area contributed by atoms with Gasteiger partial charge in [0.2, 0.25) is 0 Å². The van der Waals surface area contributed by atoms with Crippen molar-refractivity contribution in [2.24, 2.45) is 0 Å². The van der Waals surface area contributed by atoms with E-state index in [2.05, 4.69) is 16.4 Å². The Morgan fingerprint density at radius 2 is 1.84 bits per heavy atom. The van der Waals surface area contributed by atoms with Crippen LogP contribution in [0.15, 0.2) is 72.1 Å². The number of carbonyl (C=O) groups excluding carboxylic acids is 1. The van der Waals surface area contributed by atoms with E-state index < -0.39 is 0 Å². The van der Waals surface area contributed by atoms with Crippen molar-refractivity contribution in [3.8, 4) is 34.2 Å². The number of nitrogens with one attached hydrogen (secondary N) is 1. The first kappa shape index (κ1) is 20.6. The van der Waals surface area contributed by atoms with Crippen LogP contribution < -0.4 is 10.1 Å². The summed E-state index contributed by atoms with van der Waals surface area (Å²) >= 11 is 7.53. The van der Waals surface area contributed by atoms with Gasteiger partial charge in [-0.05, 0) is 35.9 Å². The zero-order valence-electron chi connectivity index (χ0n) is 16.4. The molecule has 0 saturated carbocycles. The van der Waals surface area contributed by atoms with Crippen molar-refractivity contribution in [2.45, 2.75) is 0 Å². The number of halogens is 1. The molecule has 152 valence electrons. The monoisotopic (exact) mass is 445 g/mol. The number of nitriles is 1. The molecule has 0 aliphatic carbocycles. The number of amides is 1. The highest BCUT2D eigenvalue weighted by Crippen LogP contribution is 2.32. The van der Waals surface area contributed by atoms with Crippen LogP contribution in [0.3, 0.4) is 0 Å². The Kier molecular flexibility index (Phi) is 5.99. The number of hydrogen-bond donors (Lipinski definition) is 1. The molecule has 7 heteroatoms. The average molecular weight is 446 g/mol. The van der Waals surface area contributed by atoms with Crippen LogP contribution in [-0.2, 0) is 0 Å². The maximum atomic E-state index is 13.0. The van der Waals surface area contributed by atoms with Crippen LogP contribution in [0, 0.1) is 11.3 Å². The molecular weight excluding hydrogens is 430 g/mol. The average Bonchev–Trinajstić information content (AvgIpc) is 3.27. The van der Waals surface area contributed by atoms with Crippen LogP contribution in [0.1, 0.15) is 15.9 Å². The number of rotatable bonds is 5. The largest absolute Gasteiger partial charge is 0.495 e. The van der Waals surface area contributed by atoms with Crippen molar-refractivity contribution in [1.29, 1.82) is 5.26 Å². The van der Waals surface area contributed by atoms with E-state index in [0.29, 0.717) is 43.9 Å². The summed E-state index contributed by atoms with van der Waals surface area (Å²) in [6.45, 7) is 0. The number of hydrogen-bond acceptors (Lipinski definition) is 5. The lowest BCUT2D eigenvalue weighted by Crippen LogP contribution is -2.13. The van der Waals surface area contributed by atoms with E-state index in [1.54, 1.807) is 43.5 Å². The Bertz CT molecular complexity index is 1310. The Balaban J connectivity index is 1.61. The molecule has 1 aromatic heterocycles. The summed E-state index contributed by atoms with van der Waals surface area (Å²) in [5.74, 6) is 0.292. The van der Waals surface area contributed by atoms with E-state index in [-0.39, 0.29) is 5.91 Å². The summed E-state index contributed by atoms with van der Waals surface area (Å²) in [5, 5.41) is 15.1. The number of carbonyl (C=O) groups is 1. The predicted molar refractivity (Wildman–Crippen MR) is 124 cm³/mol. The van der Waals surface area contributed by atoms with Crippen LogP contribution in [0.25, 0.3) is 22.4 Å². The molecule has 4 aromatic rings. The number of benzene rings is 3. The standard InChI is InChI=1S/C24H16ClN3O2S/c1-30-22-11-10-15(12-20(22)25)21-14-31-24(27-21)28-23(29)19-9-5-4-8-18(19)17-7-3-2-6-16(17)13-26/h2-12,14H,1H3,(H,27,28,29). The molecule has 1 amide bonds. The minimum absolute atomic E-state index is 0.294. The molecule has 5 nitrogen and oxygen atoms in total. The second kappa shape index (κ2) is 9.00. The summed E-state index contributed by atoms with van der Waals surface area (Å²) in [7, 11) is 1.56. The summed E-state index contributed by atoms with van der Waals surface area (Å²) in [4.78, 5) is 17.5. The molecule has 0 fully saturated rings. The summed E-state index contributed by atoms with van der Waals surface area (Å²) in [6.07, 6.45) is 0. The van der Waals surface area contributed by atoms with Gasteiger partial charge in [0.15, 0.2) is 5.13 Å². The minimum atomic E-state index is -0.294. The topological polar surface area (TPSA) is 75.0 Å². The fourth-order valence-electron chi connectivity index (χ4n) is 3.19. The van der Waals surface area contributed by atoms with E-state index in [0.717, 1.165) is 5.56 Å². The first-order valence-corrected chi connectivity index (χ1v) is 10.6. The Hall–Kier alpha value is -3.66. The van der Waals surface area contributed by atoms with Crippen molar-refractivity contribution < 1.29 is 9.53 Å². The lowest BCUT2D eigenvalue weighted by molar-refractivity contribution is 0.102. The number of methoxy groups -OCH3 is 1. The maximum absolute atomic E-state index is 13.0. The molecule has 1 heterocycles. The molecule has 3 aromatic carbocycles. The molecule has 0 aliphatic heterocycles. The van der Waals surface area contributed by atoms with Gasteiger partial charge in [-0.3, -0.25) is 10.1 Å². The molecule has 4 rings (SSSR count). The van der Waals surface area contributed by atoms with Crippen LogP contribution >= 0.6 is 22.9 Å². The van der Waals surface area contributed by atoms with Gasteiger partial charge in [0.1, 0.15) is 5.75 Å². The van der Waals surface area contributed by atoms with Crippen LogP contribution in [0.5, 0.6) is 5.75 Å². The highest BCUT2D eigenvalue weighted by molar-refractivity contribution is 7.14. The second-order valence-corrected chi connectivity index (χ2v) is 7.81. The lowest BCUT2D eigenvalue weighted by atomic mass is 9.95. The smallest absolute Gasteiger partial charge is 0.258 e. The van der Waals surface area contributed by atoms with Gasteiger partial charge in [-0.1, -0.05) is 48.0 Å². The van der Waals surface area contributed by atoms with Crippen molar-refractivity contribution in [3.05, 3.63) is 88.3 Å².